The van der Waals surface area contributed by atoms with Crippen molar-refractivity contribution in [2.24, 2.45) is 5.73 Å². The quantitative estimate of drug-likeness (QED) is 0.803. The minimum absolute atomic E-state index is 0.521. The lowest BCUT2D eigenvalue weighted by Gasteiger charge is -2.14. The van der Waals surface area contributed by atoms with Crippen LogP contribution in [0.1, 0.15) is 24.2 Å². The molecule has 1 rings (SSSR count). The average Bonchev–Trinajstić information content (AvgIpc) is 2.17. The molecule has 2 N–H and O–H groups in total. The van der Waals surface area contributed by atoms with Crippen LogP contribution in [0, 0.1) is 0 Å². The van der Waals surface area contributed by atoms with Crippen LogP contribution in [0.4, 0.5) is 4.39 Å². The third-order valence-corrected chi connectivity index (χ3v) is 2.19. The molecule has 0 heterocycles. The van der Waals surface area contributed by atoms with Gasteiger partial charge in [0.05, 0.1) is 7.11 Å². The number of methoxy groups -OCH3 is 1. The Bertz CT molecular complexity index is 299. The Balaban J connectivity index is 3.14. The van der Waals surface area contributed by atoms with Crippen LogP contribution < -0.4 is 10.5 Å². The highest BCUT2D eigenvalue weighted by Gasteiger charge is 2.14. The fourth-order valence-corrected chi connectivity index (χ4v) is 1.59. The highest BCUT2D eigenvalue weighted by Crippen LogP contribution is 2.30. The molecule has 0 fully saturated rings. The monoisotopic (exact) mass is 197 g/mol. The zero-order valence-corrected chi connectivity index (χ0v) is 8.59. The number of ether oxygens (including phenoxy) is 1. The molecule has 1 atom stereocenters. The van der Waals surface area contributed by atoms with Crippen LogP contribution in [0.5, 0.6) is 5.75 Å². The van der Waals surface area contributed by atoms with E-state index in [-0.39, 0.29) is 0 Å². The molecule has 14 heavy (non-hydrogen) atoms. The number of rotatable bonds is 4. The average molecular weight is 197 g/mol. The highest BCUT2D eigenvalue weighted by molar-refractivity contribution is 5.41. The Morgan fingerprint density at radius 2 is 2.21 bits per heavy atom. The summed E-state index contributed by atoms with van der Waals surface area (Å²) in [5.74, 6) is 0.603. The van der Waals surface area contributed by atoms with Gasteiger partial charge in [0.2, 0.25) is 0 Å². The second-order valence-corrected chi connectivity index (χ2v) is 3.19. The number of hydrogen-bond acceptors (Lipinski definition) is 2. The summed E-state index contributed by atoms with van der Waals surface area (Å²) >= 11 is 0. The second-order valence-electron chi connectivity index (χ2n) is 3.19. The maximum Gasteiger partial charge on any atom is 0.126 e. The van der Waals surface area contributed by atoms with E-state index < -0.39 is 6.17 Å². The minimum atomic E-state index is -1.02. The number of hydrogen-bond donors (Lipinski definition) is 1. The Morgan fingerprint density at radius 3 is 2.71 bits per heavy atom. The third kappa shape index (κ3) is 2.23. The predicted molar refractivity (Wildman–Crippen MR) is 55.3 cm³/mol. The van der Waals surface area contributed by atoms with Gasteiger partial charge in [-0.05, 0) is 31.5 Å². The van der Waals surface area contributed by atoms with E-state index in [2.05, 4.69) is 0 Å². The first-order chi connectivity index (χ1) is 6.70. The molecular weight excluding hydrogens is 181 g/mol. The Hall–Kier alpha value is -1.09. The zero-order chi connectivity index (χ0) is 10.6. The molecule has 0 aromatic heterocycles. The molecule has 0 saturated carbocycles. The third-order valence-electron chi connectivity index (χ3n) is 2.19. The first-order valence-corrected chi connectivity index (χ1v) is 4.70. The molecule has 78 valence electrons. The van der Waals surface area contributed by atoms with Gasteiger partial charge in [-0.1, -0.05) is 12.1 Å². The van der Waals surface area contributed by atoms with Gasteiger partial charge in [-0.2, -0.15) is 0 Å². The zero-order valence-electron chi connectivity index (χ0n) is 8.59. The van der Waals surface area contributed by atoms with Crippen molar-refractivity contribution in [2.75, 3.05) is 13.7 Å². The molecule has 3 heteroatoms. The summed E-state index contributed by atoms with van der Waals surface area (Å²) in [6, 6.07) is 5.52. The fourth-order valence-electron chi connectivity index (χ4n) is 1.59. The predicted octanol–water partition coefficient (Wildman–Crippen LogP) is 2.23. The van der Waals surface area contributed by atoms with Gasteiger partial charge < -0.3 is 10.5 Å². The van der Waals surface area contributed by atoms with E-state index in [1.807, 2.05) is 12.1 Å². The lowest BCUT2D eigenvalue weighted by molar-refractivity contribution is 0.344. The van der Waals surface area contributed by atoms with E-state index in [4.69, 9.17) is 10.5 Å². The van der Waals surface area contributed by atoms with E-state index in [1.165, 1.54) is 6.92 Å². The smallest absolute Gasteiger partial charge is 0.126 e. The van der Waals surface area contributed by atoms with Crippen molar-refractivity contribution in [1.29, 1.82) is 0 Å². The summed E-state index contributed by atoms with van der Waals surface area (Å²) < 4.78 is 18.5. The van der Waals surface area contributed by atoms with Crippen LogP contribution >= 0.6 is 0 Å². The SMILES string of the molecule is COc1cccc(CCN)c1C(C)F. The molecule has 2 nitrogen and oxygen atoms in total. The summed E-state index contributed by atoms with van der Waals surface area (Å²) in [6.07, 6.45) is -0.339. The molecule has 0 radical (unpaired) electrons. The molecule has 0 amide bonds. The topological polar surface area (TPSA) is 35.2 Å². The molecule has 0 aliphatic carbocycles. The van der Waals surface area contributed by atoms with Gasteiger partial charge in [0, 0.05) is 5.56 Å². The standard InChI is InChI=1S/C11H16FNO/c1-8(12)11-9(6-7-13)4-3-5-10(11)14-2/h3-5,8H,6-7,13H2,1-2H3. The summed E-state index contributed by atoms with van der Waals surface area (Å²) in [6.45, 7) is 2.03. The van der Waals surface area contributed by atoms with Crippen LogP contribution in [0.2, 0.25) is 0 Å². The van der Waals surface area contributed by atoms with E-state index in [0.717, 1.165) is 5.56 Å². The molecule has 0 bridgehead atoms. The second kappa shape index (κ2) is 4.96. The van der Waals surface area contributed by atoms with E-state index in [9.17, 15) is 4.39 Å². The van der Waals surface area contributed by atoms with Crippen molar-refractivity contribution >= 4 is 0 Å². The number of nitrogens with two attached hydrogens (primary N) is 1. The Kier molecular flexibility index (Phi) is 3.89. The van der Waals surface area contributed by atoms with Gasteiger partial charge in [0.25, 0.3) is 0 Å². The van der Waals surface area contributed by atoms with Gasteiger partial charge in [-0.25, -0.2) is 4.39 Å². The van der Waals surface area contributed by atoms with Crippen LogP contribution in [0.25, 0.3) is 0 Å². The fraction of sp³-hybridized carbons (Fsp3) is 0.455. The lowest BCUT2D eigenvalue weighted by atomic mass is 10.0. The first-order valence-electron chi connectivity index (χ1n) is 4.70. The number of benzene rings is 1. The first kappa shape index (κ1) is 11.0. The van der Waals surface area contributed by atoms with E-state index in [1.54, 1.807) is 13.2 Å². The molecule has 1 aromatic rings. The molecule has 1 aromatic carbocycles. The van der Waals surface area contributed by atoms with Gasteiger partial charge in [-0.15, -0.1) is 0 Å². The molecule has 1 unspecified atom stereocenters. The minimum Gasteiger partial charge on any atom is -0.496 e. The Morgan fingerprint density at radius 1 is 1.50 bits per heavy atom. The van der Waals surface area contributed by atoms with E-state index in [0.29, 0.717) is 24.3 Å². The summed E-state index contributed by atoms with van der Waals surface area (Å²) in [5, 5.41) is 0. The van der Waals surface area contributed by atoms with Crippen LogP contribution in [0.15, 0.2) is 18.2 Å². The van der Waals surface area contributed by atoms with Crippen LogP contribution in [-0.4, -0.2) is 13.7 Å². The van der Waals surface area contributed by atoms with Crippen molar-refractivity contribution in [3.05, 3.63) is 29.3 Å². The maximum atomic E-state index is 13.3. The van der Waals surface area contributed by atoms with Gasteiger partial charge >= 0.3 is 0 Å². The van der Waals surface area contributed by atoms with Crippen LogP contribution in [-0.2, 0) is 6.42 Å². The van der Waals surface area contributed by atoms with E-state index >= 15 is 0 Å². The molecular formula is C11H16FNO. The van der Waals surface area contributed by atoms with Gasteiger partial charge in [0.1, 0.15) is 11.9 Å². The number of alkyl halides is 1. The normalized spacial score (nSPS) is 12.6. The molecule has 0 spiro atoms. The molecule has 0 saturated heterocycles. The Labute approximate surface area is 83.9 Å². The van der Waals surface area contributed by atoms with Crippen molar-refractivity contribution in [3.8, 4) is 5.75 Å². The number of halogens is 1. The van der Waals surface area contributed by atoms with Crippen LogP contribution in [0.3, 0.4) is 0 Å². The van der Waals surface area contributed by atoms with Crippen molar-refractivity contribution in [3.63, 3.8) is 0 Å². The molecule has 0 aliphatic rings. The maximum absolute atomic E-state index is 13.3. The van der Waals surface area contributed by atoms with Crippen molar-refractivity contribution in [1.82, 2.24) is 0 Å². The van der Waals surface area contributed by atoms with Gasteiger partial charge in [-0.3, -0.25) is 0 Å². The van der Waals surface area contributed by atoms with Crippen molar-refractivity contribution < 1.29 is 9.13 Å². The summed E-state index contributed by atoms with van der Waals surface area (Å²) in [7, 11) is 1.55. The summed E-state index contributed by atoms with van der Waals surface area (Å²) in [5.41, 5.74) is 7.02. The highest BCUT2D eigenvalue weighted by atomic mass is 19.1. The van der Waals surface area contributed by atoms with Crippen molar-refractivity contribution in [2.45, 2.75) is 19.5 Å². The van der Waals surface area contributed by atoms with Gasteiger partial charge in [0.15, 0.2) is 0 Å². The molecule has 0 aliphatic heterocycles. The summed E-state index contributed by atoms with van der Waals surface area (Å²) in [4.78, 5) is 0. The largest absolute Gasteiger partial charge is 0.496 e. The lowest BCUT2D eigenvalue weighted by Crippen LogP contribution is -2.07.